The number of hydrogen-bond acceptors (Lipinski definition) is 3. The van der Waals surface area contributed by atoms with Gasteiger partial charge in [-0.1, -0.05) is 29.8 Å². The standard InChI is InChI=1S/C21H25FN2O2S/c1-4-23-21(26)16(3)24(13-17-7-9-18(22)10-8-17)20(25)14-27-19-11-5-15(2)6-12-19/h5-12,16H,4,13-14H2,1-3H3,(H,23,26)/t16-/m0/s1. The Morgan fingerprint density at radius 1 is 1.11 bits per heavy atom. The van der Waals surface area contributed by atoms with Gasteiger partial charge in [-0.05, 0) is 50.6 Å². The van der Waals surface area contributed by atoms with Crippen LogP contribution in [0.2, 0.25) is 0 Å². The maximum absolute atomic E-state index is 13.2. The lowest BCUT2D eigenvalue weighted by atomic mass is 10.1. The Hall–Kier alpha value is -2.34. The van der Waals surface area contributed by atoms with Gasteiger partial charge in [-0.2, -0.15) is 0 Å². The van der Waals surface area contributed by atoms with Crippen LogP contribution in [-0.4, -0.2) is 35.1 Å². The second-order valence-electron chi connectivity index (χ2n) is 6.32. The van der Waals surface area contributed by atoms with Crippen LogP contribution in [-0.2, 0) is 16.1 Å². The molecule has 0 aromatic heterocycles. The van der Waals surface area contributed by atoms with E-state index in [0.29, 0.717) is 6.54 Å². The number of amides is 2. The first-order valence-electron chi connectivity index (χ1n) is 8.91. The number of nitrogens with one attached hydrogen (secondary N) is 1. The number of thioether (sulfide) groups is 1. The van der Waals surface area contributed by atoms with E-state index in [2.05, 4.69) is 5.32 Å². The highest BCUT2D eigenvalue weighted by molar-refractivity contribution is 8.00. The molecule has 144 valence electrons. The molecule has 2 amide bonds. The minimum atomic E-state index is -0.610. The summed E-state index contributed by atoms with van der Waals surface area (Å²) in [5.41, 5.74) is 1.94. The molecule has 27 heavy (non-hydrogen) atoms. The van der Waals surface area contributed by atoms with Crippen molar-refractivity contribution in [2.45, 2.75) is 38.3 Å². The van der Waals surface area contributed by atoms with Gasteiger partial charge >= 0.3 is 0 Å². The molecule has 0 aliphatic rings. The summed E-state index contributed by atoms with van der Waals surface area (Å²) in [5.74, 6) is -0.436. The highest BCUT2D eigenvalue weighted by Crippen LogP contribution is 2.20. The molecule has 2 aromatic rings. The minimum absolute atomic E-state index is 0.136. The molecule has 1 atom stereocenters. The number of halogens is 1. The maximum Gasteiger partial charge on any atom is 0.242 e. The zero-order chi connectivity index (χ0) is 19.8. The average Bonchev–Trinajstić information content (AvgIpc) is 2.66. The number of nitrogens with zero attached hydrogens (tertiary/aromatic N) is 1. The van der Waals surface area contributed by atoms with E-state index in [4.69, 9.17) is 0 Å². The maximum atomic E-state index is 13.2. The fraction of sp³-hybridized carbons (Fsp3) is 0.333. The third-order valence-electron chi connectivity index (χ3n) is 4.17. The Labute approximate surface area is 164 Å². The van der Waals surface area contributed by atoms with Crippen LogP contribution in [0, 0.1) is 12.7 Å². The minimum Gasteiger partial charge on any atom is -0.355 e. The third kappa shape index (κ3) is 6.40. The van der Waals surface area contributed by atoms with Crippen molar-refractivity contribution in [1.29, 1.82) is 0 Å². The zero-order valence-corrected chi connectivity index (χ0v) is 16.7. The molecular weight excluding hydrogens is 363 g/mol. The summed E-state index contributed by atoms with van der Waals surface area (Å²) in [5, 5.41) is 2.76. The summed E-state index contributed by atoms with van der Waals surface area (Å²) in [6.45, 7) is 6.32. The van der Waals surface area contributed by atoms with Crippen LogP contribution in [0.4, 0.5) is 4.39 Å². The molecule has 0 radical (unpaired) electrons. The molecule has 1 N–H and O–H groups in total. The van der Waals surface area contributed by atoms with E-state index in [1.54, 1.807) is 24.0 Å². The van der Waals surface area contributed by atoms with Gasteiger partial charge < -0.3 is 10.2 Å². The van der Waals surface area contributed by atoms with Gasteiger partial charge in [0.1, 0.15) is 11.9 Å². The lowest BCUT2D eigenvalue weighted by molar-refractivity contribution is -0.138. The molecule has 2 rings (SSSR count). The summed E-state index contributed by atoms with van der Waals surface area (Å²) in [6.07, 6.45) is 0. The summed E-state index contributed by atoms with van der Waals surface area (Å²) < 4.78 is 13.2. The molecule has 0 saturated heterocycles. The summed E-state index contributed by atoms with van der Waals surface area (Å²) in [6, 6.07) is 13.3. The van der Waals surface area contributed by atoms with E-state index in [-0.39, 0.29) is 29.9 Å². The van der Waals surface area contributed by atoms with Crippen LogP contribution in [0.3, 0.4) is 0 Å². The van der Waals surface area contributed by atoms with Crippen molar-refractivity contribution in [3.8, 4) is 0 Å². The van der Waals surface area contributed by atoms with Gasteiger partial charge in [0, 0.05) is 18.0 Å². The fourth-order valence-electron chi connectivity index (χ4n) is 2.55. The predicted molar refractivity (Wildman–Crippen MR) is 107 cm³/mol. The Bertz CT molecular complexity index is 763. The van der Waals surface area contributed by atoms with Crippen molar-refractivity contribution in [1.82, 2.24) is 10.2 Å². The molecule has 0 heterocycles. The first-order chi connectivity index (χ1) is 12.9. The molecule has 2 aromatic carbocycles. The first-order valence-corrected chi connectivity index (χ1v) is 9.90. The number of carbonyl (C=O) groups is 2. The van der Waals surface area contributed by atoms with Crippen molar-refractivity contribution in [2.24, 2.45) is 0 Å². The molecule has 0 spiro atoms. The fourth-order valence-corrected chi connectivity index (χ4v) is 3.34. The average molecular weight is 389 g/mol. The van der Waals surface area contributed by atoms with Gasteiger partial charge in [-0.15, -0.1) is 11.8 Å². The summed E-state index contributed by atoms with van der Waals surface area (Å²) >= 11 is 1.44. The lowest BCUT2D eigenvalue weighted by Gasteiger charge is -2.28. The van der Waals surface area contributed by atoms with Crippen molar-refractivity contribution in [3.63, 3.8) is 0 Å². The van der Waals surface area contributed by atoms with Crippen LogP contribution < -0.4 is 5.32 Å². The normalized spacial score (nSPS) is 11.7. The molecule has 0 fully saturated rings. The van der Waals surface area contributed by atoms with Crippen LogP contribution >= 0.6 is 11.8 Å². The Morgan fingerprint density at radius 3 is 2.33 bits per heavy atom. The number of hydrogen-bond donors (Lipinski definition) is 1. The Balaban J connectivity index is 2.11. The van der Waals surface area contributed by atoms with Crippen LogP contribution in [0.5, 0.6) is 0 Å². The van der Waals surface area contributed by atoms with Gasteiger partial charge in [0.25, 0.3) is 0 Å². The van der Waals surface area contributed by atoms with Crippen LogP contribution in [0.25, 0.3) is 0 Å². The van der Waals surface area contributed by atoms with Crippen molar-refractivity contribution in [3.05, 3.63) is 65.5 Å². The zero-order valence-electron chi connectivity index (χ0n) is 15.9. The van der Waals surface area contributed by atoms with Crippen LogP contribution in [0.15, 0.2) is 53.4 Å². The topological polar surface area (TPSA) is 49.4 Å². The van der Waals surface area contributed by atoms with Gasteiger partial charge in [0.15, 0.2) is 0 Å². The Kier molecular flexibility index (Phi) is 7.85. The van der Waals surface area contributed by atoms with E-state index < -0.39 is 6.04 Å². The molecule has 0 bridgehead atoms. The monoisotopic (exact) mass is 388 g/mol. The SMILES string of the molecule is CCNC(=O)[C@H](C)N(Cc1ccc(F)cc1)C(=O)CSc1ccc(C)cc1. The van der Waals surface area contributed by atoms with E-state index in [0.717, 1.165) is 16.0 Å². The first kappa shape index (κ1) is 21.0. The molecule has 0 aliphatic heterocycles. The van der Waals surface area contributed by atoms with Gasteiger partial charge in [-0.25, -0.2) is 4.39 Å². The largest absolute Gasteiger partial charge is 0.355 e. The van der Waals surface area contributed by atoms with E-state index in [1.165, 1.54) is 23.9 Å². The summed E-state index contributed by atoms with van der Waals surface area (Å²) in [4.78, 5) is 27.7. The second kappa shape index (κ2) is 10.1. The van der Waals surface area contributed by atoms with E-state index >= 15 is 0 Å². The number of likely N-dealkylation sites (N-methyl/N-ethyl adjacent to an activating group) is 1. The quantitative estimate of drug-likeness (QED) is 0.700. The van der Waals surface area contributed by atoms with Crippen molar-refractivity contribution < 1.29 is 14.0 Å². The lowest BCUT2D eigenvalue weighted by Crippen LogP contribution is -2.48. The molecule has 0 unspecified atom stereocenters. The molecule has 0 aliphatic carbocycles. The highest BCUT2D eigenvalue weighted by Gasteiger charge is 2.25. The second-order valence-corrected chi connectivity index (χ2v) is 7.37. The van der Waals surface area contributed by atoms with Crippen molar-refractivity contribution >= 4 is 23.6 Å². The third-order valence-corrected chi connectivity index (χ3v) is 5.16. The Morgan fingerprint density at radius 2 is 1.74 bits per heavy atom. The van der Waals surface area contributed by atoms with Gasteiger partial charge in [0.2, 0.25) is 11.8 Å². The number of benzene rings is 2. The van der Waals surface area contributed by atoms with Gasteiger partial charge in [-0.3, -0.25) is 9.59 Å². The molecule has 6 heteroatoms. The van der Waals surface area contributed by atoms with E-state index in [1.807, 2.05) is 38.1 Å². The smallest absolute Gasteiger partial charge is 0.242 e. The highest BCUT2D eigenvalue weighted by atomic mass is 32.2. The summed E-state index contributed by atoms with van der Waals surface area (Å²) in [7, 11) is 0. The number of aryl methyl sites for hydroxylation is 1. The predicted octanol–water partition coefficient (Wildman–Crippen LogP) is 3.78. The van der Waals surface area contributed by atoms with Gasteiger partial charge in [0.05, 0.1) is 5.75 Å². The molecular formula is C21H25FN2O2S. The number of carbonyl (C=O) groups excluding carboxylic acids is 2. The molecule has 0 saturated carbocycles. The van der Waals surface area contributed by atoms with E-state index in [9.17, 15) is 14.0 Å². The van der Waals surface area contributed by atoms with Crippen LogP contribution in [0.1, 0.15) is 25.0 Å². The molecule has 4 nitrogen and oxygen atoms in total. The number of rotatable bonds is 8. The van der Waals surface area contributed by atoms with Crippen molar-refractivity contribution in [2.75, 3.05) is 12.3 Å².